The molecule has 1 atom stereocenters. The number of hydrogen-bond acceptors (Lipinski definition) is 5. The van der Waals surface area contributed by atoms with E-state index in [4.69, 9.17) is 10.5 Å². The summed E-state index contributed by atoms with van der Waals surface area (Å²) in [4.78, 5) is 7.98. The maximum absolute atomic E-state index is 13.6. The van der Waals surface area contributed by atoms with Gasteiger partial charge in [0.15, 0.2) is 5.82 Å². The molecular weight excluding hydrogens is 259 g/mol. The maximum Gasteiger partial charge on any atom is 0.242 e. The van der Waals surface area contributed by atoms with Gasteiger partial charge < -0.3 is 15.8 Å². The molecule has 20 heavy (non-hydrogen) atoms. The van der Waals surface area contributed by atoms with Gasteiger partial charge in [-0.1, -0.05) is 12.1 Å². The van der Waals surface area contributed by atoms with E-state index in [-0.39, 0.29) is 11.9 Å². The lowest BCUT2D eigenvalue weighted by atomic mass is 10.1. The lowest BCUT2D eigenvalue weighted by Crippen LogP contribution is -2.11. The van der Waals surface area contributed by atoms with Crippen LogP contribution >= 0.6 is 0 Å². The van der Waals surface area contributed by atoms with Crippen molar-refractivity contribution in [3.63, 3.8) is 0 Å². The van der Waals surface area contributed by atoms with Gasteiger partial charge >= 0.3 is 0 Å². The number of ether oxygens (including phenoxy) is 1. The number of nitrogens with one attached hydrogen (secondary N) is 1. The van der Waals surface area contributed by atoms with Gasteiger partial charge in [0.05, 0.1) is 13.2 Å². The first kappa shape index (κ1) is 14.0. The largest absolute Gasteiger partial charge is 0.479 e. The van der Waals surface area contributed by atoms with Crippen molar-refractivity contribution in [2.24, 2.45) is 0 Å². The number of aromatic nitrogens is 2. The molecule has 5 nitrogen and oxygen atoms in total. The van der Waals surface area contributed by atoms with Crippen LogP contribution in [-0.2, 0) is 0 Å². The molecule has 0 saturated heterocycles. The minimum absolute atomic E-state index is 0.146. The van der Waals surface area contributed by atoms with Crippen LogP contribution in [0.3, 0.4) is 0 Å². The van der Waals surface area contributed by atoms with Gasteiger partial charge in [-0.25, -0.2) is 9.37 Å². The molecular formula is C14H17FN4O. The number of halogens is 1. The average molecular weight is 276 g/mol. The van der Waals surface area contributed by atoms with E-state index in [1.807, 2.05) is 13.0 Å². The van der Waals surface area contributed by atoms with Crippen LogP contribution in [0, 0.1) is 12.7 Å². The van der Waals surface area contributed by atoms with Crippen LogP contribution in [0.15, 0.2) is 24.5 Å². The number of methoxy groups -OCH3 is 1. The van der Waals surface area contributed by atoms with Crippen LogP contribution in [0.25, 0.3) is 0 Å². The van der Waals surface area contributed by atoms with Crippen molar-refractivity contribution in [3.05, 3.63) is 41.5 Å². The van der Waals surface area contributed by atoms with Crippen molar-refractivity contribution >= 4 is 11.5 Å². The number of benzene rings is 1. The third-order valence-corrected chi connectivity index (χ3v) is 3.09. The van der Waals surface area contributed by atoms with E-state index in [1.54, 1.807) is 13.0 Å². The molecule has 1 unspecified atom stereocenters. The summed E-state index contributed by atoms with van der Waals surface area (Å²) in [6.45, 7) is 3.63. The Hall–Kier alpha value is -2.37. The minimum Gasteiger partial charge on any atom is -0.479 e. The van der Waals surface area contributed by atoms with E-state index in [0.717, 1.165) is 5.56 Å². The van der Waals surface area contributed by atoms with Crippen LogP contribution in [0.5, 0.6) is 5.88 Å². The van der Waals surface area contributed by atoms with Gasteiger partial charge in [-0.3, -0.25) is 0 Å². The highest BCUT2D eigenvalue weighted by atomic mass is 19.1. The smallest absolute Gasteiger partial charge is 0.242 e. The second-order valence-corrected chi connectivity index (χ2v) is 4.52. The molecule has 3 N–H and O–H groups in total. The molecule has 0 saturated carbocycles. The minimum atomic E-state index is -0.232. The standard InChI is InChI=1S/C14H17FN4O/c1-8-4-5-10(6-11(8)15)9(2)19-13-12(16)14(20-3)18-7-17-13/h4-7,9H,16H2,1-3H3,(H,17,18,19). The molecule has 6 heteroatoms. The van der Waals surface area contributed by atoms with Crippen LogP contribution in [0.1, 0.15) is 24.1 Å². The molecule has 0 fully saturated rings. The fourth-order valence-corrected chi connectivity index (χ4v) is 1.82. The third kappa shape index (κ3) is 2.79. The molecule has 2 aromatic rings. The summed E-state index contributed by atoms with van der Waals surface area (Å²) in [5.41, 5.74) is 7.64. The van der Waals surface area contributed by atoms with E-state index < -0.39 is 0 Å². The van der Waals surface area contributed by atoms with Crippen molar-refractivity contribution in [2.45, 2.75) is 19.9 Å². The normalized spacial score (nSPS) is 12.0. The average Bonchev–Trinajstić information content (AvgIpc) is 2.44. The molecule has 2 rings (SSSR count). The van der Waals surface area contributed by atoms with Crippen LogP contribution in [-0.4, -0.2) is 17.1 Å². The Morgan fingerprint density at radius 2 is 2.10 bits per heavy atom. The van der Waals surface area contributed by atoms with E-state index in [1.165, 1.54) is 19.5 Å². The maximum atomic E-state index is 13.6. The number of rotatable bonds is 4. The Balaban J connectivity index is 2.23. The highest BCUT2D eigenvalue weighted by Gasteiger charge is 2.13. The number of nitrogens with two attached hydrogens (primary N) is 1. The van der Waals surface area contributed by atoms with Gasteiger partial charge in [-0.15, -0.1) is 0 Å². The number of aryl methyl sites for hydroxylation is 1. The zero-order chi connectivity index (χ0) is 14.7. The summed E-state index contributed by atoms with van der Waals surface area (Å²) < 4.78 is 18.6. The first-order chi connectivity index (χ1) is 9.52. The molecule has 1 heterocycles. The Kier molecular flexibility index (Phi) is 4.02. The van der Waals surface area contributed by atoms with Crippen molar-refractivity contribution in [1.82, 2.24) is 9.97 Å². The Morgan fingerprint density at radius 3 is 2.75 bits per heavy atom. The molecule has 106 valence electrons. The molecule has 0 bridgehead atoms. The SMILES string of the molecule is COc1ncnc(NC(C)c2ccc(C)c(F)c2)c1N. The van der Waals surface area contributed by atoms with Gasteiger partial charge in [0.25, 0.3) is 0 Å². The van der Waals surface area contributed by atoms with E-state index in [0.29, 0.717) is 22.9 Å². The number of nitrogen functional groups attached to an aromatic ring is 1. The number of anilines is 2. The Bertz CT molecular complexity index is 618. The number of nitrogens with zero attached hydrogens (tertiary/aromatic N) is 2. The van der Waals surface area contributed by atoms with Crippen molar-refractivity contribution in [1.29, 1.82) is 0 Å². The predicted molar refractivity (Wildman–Crippen MR) is 76.2 cm³/mol. The van der Waals surface area contributed by atoms with Gasteiger partial charge in [0.1, 0.15) is 17.8 Å². The Morgan fingerprint density at radius 1 is 1.35 bits per heavy atom. The Labute approximate surface area is 117 Å². The molecule has 1 aromatic carbocycles. The third-order valence-electron chi connectivity index (χ3n) is 3.09. The van der Waals surface area contributed by atoms with Crippen molar-refractivity contribution in [3.8, 4) is 5.88 Å². The van der Waals surface area contributed by atoms with Crippen molar-refractivity contribution < 1.29 is 9.13 Å². The molecule has 0 aliphatic heterocycles. The first-order valence-corrected chi connectivity index (χ1v) is 6.20. The van der Waals surface area contributed by atoms with Crippen LogP contribution in [0.2, 0.25) is 0 Å². The molecule has 1 aromatic heterocycles. The van der Waals surface area contributed by atoms with Gasteiger partial charge in [-0.05, 0) is 31.0 Å². The molecule has 0 amide bonds. The summed E-state index contributed by atoms with van der Waals surface area (Å²) in [6, 6.07) is 4.96. The first-order valence-electron chi connectivity index (χ1n) is 6.20. The molecule has 0 radical (unpaired) electrons. The quantitative estimate of drug-likeness (QED) is 0.898. The molecule has 0 aliphatic carbocycles. The lowest BCUT2D eigenvalue weighted by Gasteiger charge is -2.17. The van der Waals surface area contributed by atoms with Gasteiger partial charge in [0.2, 0.25) is 5.88 Å². The highest BCUT2D eigenvalue weighted by Crippen LogP contribution is 2.27. The lowest BCUT2D eigenvalue weighted by molar-refractivity contribution is 0.399. The predicted octanol–water partition coefficient (Wildman–Crippen LogP) is 2.69. The van der Waals surface area contributed by atoms with Gasteiger partial charge in [-0.2, -0.15) is 4.98 Å². The summed E-state index contributed by atoms with van der Waals surface area (Å²) in [5, 5.41) is 3.13. The van der Waals surface area contributed by atoms with Gasteiger partial charge in [0, 0.05) is 0 Å². The molecule has 0 aliphatic rings. The molecule has 0 spiro atoms. The fourth-order valence-electron chi connectivity index (χ4n) is 1.82. The van der Waals surface area contributed by atoms with E-state index in [2.05, 4.69) is 15.3 Å². The number of hydrogen-bond donors (Lipinski definition) is 2. The van der Waals surface area contributed by atoms with Crippen LogP contribution < -0.4 is 15.8 Å². The summed E-state index contributed by atoms with van der Waals surface area (Å²) in [7, 11) is 1.49. The zero-order valence-corrected chi connectivity index (χ0v) is 11.6. The second-order valence-electron chi connectivity index (χ2n) is 4.52. The second kappa shape index (κ2) is 5.73. The van der Waals surface area contributed by atoms with E-state index in [9.17, 15) is 4.39 Å². The summed E-state index contributed by atoms with van der Waals surface area (Å²) in [6.07, 6.45) is 1.36. The van der Waals surface area contributed by atoms with Crippen LogP contribution in [0.4, 0.5) is 15.9 Å². The van der Waals surface area contributed by atoms with Crippen molar-refractivity contribution in [2.75, 3.05) is 18.2 Å². The topological polar surface area (TPSA) is 73.1 Å². The van der Waals surface area contributed by atoms with E-state index >= 15 is 0 Å². The summed E-state index contributed by atoms with van der Waals surface area (Å²) >= 11 is 0. The zero-order valence-electron chi connectivity index (χ0n) is 11.6. The summed E-state index contributed by atoms with van der Waals surface area (Å²) in [5.74, 6) is 0.541. The monoisotopic (exact) mass is 276 g/mol. The highest BCUT2D eigenvalue weighted by molar-refractivity contribution is 5.66. The fraction of sp³-hybridized carbons (Fsp3) is 0.286.